The van der Waals surface area contributed by atoms with Gasteiger partial charge in [-0.3, -0.25) is 9.59 Å². The molecule has 1 saturated heterocycles. The number of unbranched alkanes of at least 4 members (excludes halogenated alkanes) is 10. The third-order valence-corrected chi connectivity index (χ3v) is 8.28. The summed E-state index contributed by atoms with van der Waals surface area (Å²) in [4.78, 5) is 25.1. The number of hydrogen-bond donors (Lipinski definition) is 4. The molecule has 50 heavy (non-hydrogen) atoms. The largest absolute Gasteiger partial charge is 0.462 e. The molecule has 1 aliphatic heterocycles. The summed E-state index contributed by atoms with van der Waals surface area (Å²) in [6, 6.07) is 0. The van der Waals surface area contributed by atoms with Crippen LogP contribution in [0.1, 0.15) is 122 Å². The van der Waals surface area contributed by atoms with Crippen molar-refractivity contribution >= 4 is 11.9 Å². The summed E-state index contributed by atoms with van der Waals surface area (Å²) in [7, 11) is 0. The van der Waals surface area contributed by atoms with Gasteiger partial charge in [-0.05, 0) is 64.2 Å². The first-order valence-corrected chi connectivity index (χ1v) is 18.8. The Kier molecular flexibility index (Phi) is 28.3. The van der Waals surface area contributed by atoms with Crippen LogP contribution in [-0.4, -0.2) is 89.0 Å². The maximum Gasteiger partial charge on any atom is 0.306 e. The van der Waals surface area contributed by atoms with Gasteiger partial charge in [0, 0.05) is 12.8 Å². The van der Waals surface area contributed by atoms with E-state index >= 15 is 0 Å². The molecule has 6 atom stereocenters. The Morgan fingerprint density at radius 2 is 1.22 bits per heavy atom. The van der Waals surface area contributed by atoms with Gasteiger partial charge < -0.3 is 39.4 Å². The van der Waals surface area contributed by atoms with Crippen molar-refractivity contribution in [3.8, 4) is 0 Å². The van der Waals surface area contributed by atoms with Crippen molar-refractivity contribution in [2.45, 2.75) is 159 Å². The first-order valence-electron chi connectivity index (χ1n) is 18.8. The van der Waals surface area contributed by atoms with Gasteiger partial charge in [-0.15, -0.1) is 6.58 Å². The second-order valence-electron chi connectivity index (χ2n) is 12.7. The molecule has 0 bridgehead atoms. The number of aliphatic hydroxyl groups is 4. The van der Waals surface area contributed by atoms with E-state index in [1.165, 1.54) is 0 Å². The van der Waals surface area contributed by atoms with Crippen LogP contribution in [0.2, 0.25) is 0 Å². The van der Waals surface area contributed by atoms with Gasteiger partial charge in [0.2, 0.25) is 0 Å². The summed E-state index contributed by atoms with van der Waals surface area (Å²) in [5.74, 6) is -0.860. The lowest BCUT2D eigenvalue weighted by Crippen LogP contribution is -2.59. The van der Waals surface area contributed by atoms with Crippen LogP contribution in [0.3, 0.4) is 0 Å². The average Bonchev–Trinajstić information content (AvgIpc) is 3.11. The zero-order valence-electron chi connectivity index (χ0n) is 30.5. The van der Waals surface area contributed by atoms with Gasteiger partial charge in [-0.25, -0.2) is 0 Å². The van der Waals surface area contributed by atoms with E-state index in [-0.39, 0.29) is 26.1 Å². The maximum atomic E-state index is 12.6. The molecule has 286 valence electrons. The highest BCUT2D eigenvalue weighted by Crippen LogP contribution is 2.22. The summed E-state index contributed by atoms with van der Waals surface area (Å²) in [6.07, 6.45) is 27.0. The van der Waals surface area contributed by atoms with Crippen LogP contribution in [0.25, 0.3) is 0 Å². The minimum Gasteiger partial charge on any atom is -0.462 e. The Bertz CT molecular complexity index is 989. The predicted octanol–water partition coefficient (Wildman–Crippen LogP) is 6.71. The monoisotopic (exact) mass is 706 g/mol. The molecule has 0 aromatic carbocycles. The second kappa shape index (κ2) is 31.2. The van der Waals surface area contributed by atoms with Crippen LogP contribution >= 0.6 is 0 Å². The molecule has 0 amide bonds. The summed E-state index contributed by atoms with van der Waals surface area (Å²) in [6.45, 7) is 4.70. The third kappa shape index (κ3) is 23.0. The zero-order valence-corrected chi connectivity index (χ0v) is 30.5. The zero-order chi connectivity index (χ0) is 36.7. The van der Waals surface area contributed by atoms with E-state index in [1.54, 1.807) is 0 Å². The van der Waals surface area contributed by atoms with E-state index in [1.807, 2.05) is 6.08 Å². The van der Waals surface area contributed by atoms with E-state index in [4.69, 9.17) is 18.9 Å². The number of esters is 2. The van der Waals surface area contributed by atoms with Crippen molar-refractivity contribution in [3.05, 3.63) is 61.3 Å². The minimum absolute atomic E-state index is 0.202. The van der Waals surface area contributed by atoms with Crippen LogP contribution in [0.15, 0.2) is 61.3 Å². The molecule has 4 N–H and O–H groups in total. The van der Waals surface area contributed by atoms with Gasteiger partial charge in [0.1, 0.15) is 31.0 Å². The molecule has 0 radical (unpaired) electrons. The minimum atomic E-state index is -1.60. The van der Waals surface area contributed by atoms with Crippen LogP contribution in [0.4, 0.5) is 0 Å². The number of carbonyl (C=O) groups is 2. The van der Waals surface area contributed by atoms with Gasteiger partial charge in [0.25, 0.3) is 0 Å². The van der Waals surface area contributed by atoms with Crippen LogP contribution < -0.4 is 0 Å². The van der Waals surface area contributed by atoms with Crippen LogP contribution in [0, 0.1) is 0 Å². The molecule has 0 saturated carbocycles. The lowest BCUT2D eigenvalue weighted by Gasteiger charge is -2.39. The molecule has 10 nitrogen and oxygen atoms in total. The van der Waals surface area contributed by atoms with E-state index < -0.39 is 55.4 Å². The lowest BCUT2D eigenvalue weighted by atomic mass is 9.99. The Morgan fingerprint density at radius 3 is 1.82 bits per heavy atom. The molecule has 0 aromatic rings. The molecule has 0 spiro atoms. The van der Waals surface area contributed by atoms with Crippen molar-refractivity contribution < 1.29 is 49.0 Å². The standard InChI is InChI=1S/C40H66O10/c1-3-5-7-9-11-13-15-16-17-18-19-21-22-24-26-28-35(42)47-31-33(32-48-40-39(46)38(45)37(44)34(30-41)50-40)49-36(43)29-27-25-23-20-14-12-10-8-6-4-2/h4-5,7-8,10-11,13,16-17,33-34,37-41,44-46H,2-3,6,9,12,14-15,18-32H2,1H3/b7-5-,10-8+,13-11-,17-16-/t33-,34-,37+,38+,39-,40-/m1/s1. The topological polar surface area (TPSA) is 152 Å². The first kappa shape index (κ1) is 45.4. The Labute approximate surface area is 300 Å². The summed E-state index contributed by atoms with van der Waals surface area (Å²) in [5.41, 5.74) is 0. The van der Waals surface area contributed by atoms with E-state index in [0.717, 1.165) is 89.9 Å². The van der Waals surface area contributed by atoms with Crippen molar-refractivity contribution in [1.82, 2.24) is 0 Å². The summed E-state index contributed by atoms with van der Waals surface area (Å²) < 4.78 is 22.0. The highest BCUT2D eigenvalue weighted by Gasteiger charge is 2.44. The molecular weight excluding hydrogens is 640 g/mol. The highest BCUT2D eigenvalue weighted by atomic mass is 16.7. The van der Waals surface area contributed by atoms with Crippen molar-refractivity contribution in [3.63, 3.8) is 0 Å². The molecule has 1 heterocycles. The molecule has 0 aromatic heterocycles. The normalized spacial score (nSPS) is 21.8. The molecule has 1 aliphatic rings. The Morgan fingerprint density at radius 1 is 0.680 bits per heavy atom. The average molecular weight is 707 g/mol. The van der Waals surface area contributed by atoms with E-state index in [0.29, 0.717) is 12.8 Å². The highest BCUT2D eigenvalue weighted by molar-refractivity contribution is 5.70. The molecule has 0 aliphatic carbocycles. The van der Waals surface area contributed by atoms with Gasteiger partial charge in [-0.2, -0.15) is 0 Å². The van der Waals surface area contributed by atoms with Gasteiger partial charge in [0.05, 0.1) is 13.2 Å². The predicted molar refractivity (Wildman–Crippen MR) is 196 cm³/mol. The van der Waals surface area contributed by atoms with Crippen molar-refractivity contribution in [2.75, 3.05) is 19.8 Å². The van der Waals surface area contributed by atoms with Crippen molar-refractivity contribution in [1.29, 1.82) is 0 Å². The molecular formula is C40H66O10. The van der Waals surface area contributed by atoms with E-state index in [2.05, 4.69) is 62.1 Å². The Hall–Kier alpha value is -2.60. The van der Waals surface area contributed by atoms with E-state index in [9.17, 15) is 30.0 Å². The lowest BCUT2D eigenvalue weighted by molar-refractivity contribution is -0.305. The maximum absolute atomic E-state index is 12.6. The van der Waals surface area contributed by atoms with Gasteiger partial charge >= 0.3 is 11.9 Å². The fourth-order valence-electron chi connectivity index (χ4n) is 5.29. The molecule has 1 fully saturated rings. The number of aliphatic hydroxyl groups excluding tert-OH is 4. The Balaban J connectivity index is 2.41. The molecule has 1 rings (SSSR count). The number of hydrogen-bond acceptors (Lipinski definition) is 10. The smallest absolute Gasteiger partial charge is 0.306 e. The first-order chi connectivity index (χ1) is 24.3. The molecule has 0 unspecified atom stereocenters. The van der Waals surface area contributed by atoms with Crippen LogP contribution in [-0.2, 0) is 28.5 Å². The second-order valence-corrected chi connectivity index (χ2v) is 12.7. The summed E-state index contributed by atoms with van der Waals surface area (Å²) >= 11 is 0. The number of ether oxygens (including phenoxy) is 4. The third-order valence-electron chi connectivity index (χ3n) is 8.28. The fraction of sp³-hybridized carbons (Fsp3) is 0.700. The quantitative estimate of drug-likeness (QED) is 0.0360. The number of carbonyl (C=O) groups excluding carboxylic acids is 2. The number of allylic oxidation sites excluding steroid dienone is 9. The number of rotatable bonds is 30. The van der Waals surface area contributed by atoms with Gasteiger partial charge in [0.15, 0.2) is 12.4 Å². The SMILES string of the molecule is C=CC/C=C/CCCCCCCC(=O)O[C@H](COC(=O)CCCCCCC/C=C\C/C=C\C/C=C\CC)CO[C@@H]1O[C@H](CO)[C@H](O)[C@H](O)[C@H]1O. The van der Waals surface area contributed by atoms with Gasteiger partial charge in [-0.1, -0.05) is 100 Å². The molecule has 10 heteroatoms. The fourth-order valence-corrected chi connectivity index (χ4v) is 5.29. The van der Waals surface area contributed by atoms with Crippen molar-refractivity contribution in [2.24, 2.45) is 0 Å². The van der Waals surface area contributed by atoms with Crippen LogP contribution in [0.5, 0.6) is 0 Å². The summed E-state index contributed by atoms with van der Waals surface area (Å²) in [5, 5.41) is 39.9.